The average Bonchev–Trinajstić information content (AvgIpc) is 2.71. The van der Waals surface area contributed by atoms with Gasteiger partial charge in [0.05, 0.1) is 5.56 Å². The highest BCUT2D eigenvalue weighted by Crippen LogP contribution is 2.22. The molecule has 1 aliphatic rings. The fourth-order valence-corrected chi connectivity index (χ4v) is 3.02. The molecule has 1 atom stereocenters. The van der Waals surface area contributed by atoms with Crippen LogP contribution in [-0.2, 0) is 22.4 Å². The minimum absolute atomic E-state index is 0.413. The summed E-state index contributed by atoms with van der Waals surface area (Å²) >= 11 is 0. The first kappa shape index (κ1) is 18.6. The molecule has 6 heteroatoms. The van der Waals surface area contributed by atoms with Gasteiger partial charge in [0.1, 0.15) is 0 Å². The zero-order valence-corrected chi connectivity index (χ0v) is 15.2. The first-order valence-electron chi connectivity index (χ1n) is 9.02. The lowest BCUT2D eigenvalue weighted by molar-refractivity contribution is -0.129. The molecule has 2 N–H and O–H groups in total. The summed E-state index contributed by atoms with van der Waals surface area (Å²) in [7, 11) is 0. The first-order chi connectivity index (χ1) is 13.0. The largest absolute Gasteiger partial charge is 0.449 e. The van der Waals surface area contributed by atoms with E-state index in [1.165, 1.54) is 24.5 Å². The highest BCUT2D eigenvalue weighted by Gasteiger charge is 2.21. The Morgan fingerprint density at radius 3 is 2.33 bits per heavy atom. The Kier molecular flexibility index (Phi) is 5.86. The fraction of sp³-hybridized carbons (Fsp3) is 0.286. The molecule has 0 fully saturated rings. The van der Waals surface area contributed by atoms with Crippen molar-refractivity contribution in [3.8, 4) is 0 Å². The summed E-state index contributed by atoms with van der Waals surface area (Å²) in [5, 5.41) is 0. The van der Waals surface area contributed by atoms with Crippen molar-refractivity contribution in [2.24, 2.45) is 0 Å². The van der Waals surface area contributed by atoms with Crippen LogP contribution < -0.4 is 10.9 Å². The van der Waals surface area contributed by atoms with Gasteiger partial charge in [-0.3, -0.25) is 20.4 Å². The monoisotopic (exact) mass is 366 g/mol. The van der Waals surface area contributed by atoms with E-state index in [1.807, 2.05) is 12.1 Å². The molecule has 0 aromatic heterocycles. The van der Waals surface area contributed by atoms with E-state index in [1.54, 1.807) is 36.4 Å². The smallest absolute Gasteiger partial charge is 0.338 e. The lowest BCUT2D eigenvalue weighted by Crippen LogP contribution is -2.46. The Hall–Kier alpha value is -3.15. The van der Waals surface area contributed by atoms with E-state index >= 15 is 0 Å². The van der Waals surface area contributed by atoms with Crippen LogP contribution in [0.1, 0.15) is 51.6 Å². The predicted octanol–water partition coefficient (Wildman–Crippen LogP) is 2.57. The number of amides is 2. The van der Waals surface area contributed by atoms with Gasteiger partial charge >= 0.3 is 5.97 Å². The van der Waals surface area contributed by atoms with Gasteiger partial charge in [0, 0.05) is 5.56 Å². The van der Waals surface area contributed by atoms with Gasteiger partial charge in [-0.25, -0.2) is 4.79 Å². The quantitative estimate of drug-likeness (QED) is 0.643. The van der Waals surface area contributed by atoms with Crippen molar-refractivity contribution in [3.63, 3.8) is 0 Å². The summed E-state index contributed by atoms with van der Waals surface area (Å²) in [5.41, 5.74) is 7.86. The molecule has 0 saturated heterocycles. The number of carbonyl (C=O) groups excluding carboxylic acids is 3. The molecule has 0 spiro atoms. The number of rotatable bonds is 4. The van der Waals surface area contributed by atoms with Crippen LogP contribution in [0.2, 0.25) is 0 Å². The zero-order chi connectivity index (χ0) is 19.2. The third-order valence-corrected chi connectivity index (χ3v) is 4.57. The second-order valence-corrected chi connectivity index (χ2v) is 6.55. The van der Waals surface area contributed by atoms with Gasteiger partial charge in [-0.1, -0.05) is 24.3 Å². The Labute approximate surface area is 157 Å². The van der Waals surface area contributed by atoms with E-state index in [-0.39, 0.29) is 0 Å². The van der Waals surface area contributed by atoms with E-state index < -0.39 is 23.9 Å². The number of nitrogens with one attached hydrogen (secondary N) is 2. The Bertz CT molecular complexity index is 849. The van der Waals surface area contributed by atoms with Crippen molar-refractivity contribution in [2.75, 3.05) is 0 Å². The van der Waals surface area contributed by atoms with E-state index in [0.717, 1.165) is 19.3 Å². The summed E-state index contributed by atoms with van der Waals surface area (Å²) in [6.45, 7) is 1.46. The Morgan fingerprint density at radius 2 is 1.59 bits per heavy atom. The van der Waals surface area contributed by atoms with Crippen LogP contribution in [0, 0.1) is 0 Å². The van der Waals surface area contributed by atoms with Crippen LogP contribution in [-0.4, -0.2) is 23.9 Å². The van der Waals surface area contributed by atoms with Crippen LogP contribution in [0.15, 0.2) is 48.5 Å². The van der Waals surface area contributed by atoms with Crippen molar-refractivity contribution < 1.29 is 19.1 Å². The predicted molar refractivity (Wildman–Crippen MR) is 100 cm³/mol. The van der Waals surface area contributed by atoms with Gasteiger partial charge in [0.15, 0.2) is 6.10 Å². The van der Waals surface area contributed by atoms with Crippen molar-refractivity contribution in [2.45, 2.75) is 38.7 Å². The first-order valence-corrected chi connectivity index (χ1v) is 9.02. The van der Waals surface area contributed by atoms with Gasteiger partial charge in [0.25, 0.3) is 11.8 Å². The summed E-state index contributed by atoms with van der Waals surface area (Å²) in [6, 6.07) is 14.0. The Morgan fingerprint density at radius 1 is 0.889 bits per heavy atom. The fourth-order valence-electron chi connectivity index (χ4n) is 3.02. The molecule has 2 aromatic rings. The number of fused-ring (bicyclic) bond motifs is 1. The van der Waals surface area contributed by atoms with Crippen molar-refractivity contribution >= 4 is 17.8 Å². The molecule has 0 unspecified atom stereocenters. The molecule has 6 nitrogen and oxygen atoms in total. The van der Waals surface area contributed by atoms with Gasteiger partial charge in [-0.2, -0.15) is 0 Å². The minimum atomic E-state index is -1.04. The highest BCUT2D eigenvalue weighted by molar-refractivity contribution is 5.96. The van der Waals surface area contributed by atoms with E-state index in [4.69, 9.17) is 4.74 Å². The molecular weight excluding hydrogens is 344 g/mol. The normalized spacial score (nSPS) is 13.8. The molecular formula is C21H22N2O4. The summed E-state index contributed by atoms with van der Waals surface area (Å²) in [6.07, 6.45) is 3.24. The molecule has 2 amide bonds. The van der Waals surface area contributed by atoms with Crippen LogP contribution in [0.5, 0.6) is 0 Å². The molecule has 0 radical (unpaired) electrons. The molecule has 0 aliphatic heterocycles. The molecule has 0 saturated carbocycles. The maximum atomic E-state index is 12.3. The van der Waals surface area contributed by atoms with Crippen LogP contribution in [0.4, 0.5) is 0 Å². The number of ether oxygens (including phenoxy) is 1. The average molecular weight is 366 g/mol. The van der Waals surface area contributed by atoms with Crippen molar-refractivity contribution in [1.82, 2.24) is 10.9 Å². The van der Waals surface area contributed by atoms with Gasteiger partial charge in [-0.05, 0) is 68.0 Å². The SMILES string of the molecule is C[C@@H](OC(=O)c1ccc2c(c1)CCCC2)C(=O)NNC(=O)c1ccccc1. The van der Waals surface area contributed by atoms with Gasteiger partial charge < -0.3 is 4.74 Å². The lowest BCUT2D eigenvalue weighted by Gasteiger charge is -2.17. The molecule has 0 heterocycles. The van der Waals surface area contributed by atoms with E-state index in [9.17, 15) is 14.4 Å². The number of carbonyl (C=O) groups is 3. The number of esters is 1. The number of hydrogen-bond acceptors (Lipinski definition) is 4. The van der Waals surface area contributed by atoms with E-state index in [0.29, 0.717) is 11.1 Å². The summed E-state index contributed by atoms with van der Waals surface area (Å²) in [5.74, 6) is -1.61. The molecule has 140 valence electrons. The number of hydrazine groups is 1. The molecule has 27 heavy (non-hydrogen) atoms. The van der Waals surface area contributed by atoms with E-state index in [2.05, 4.69) is 10.9 Å². The topological polar surface area (TPSA) is 84.5 Å². The number of benzene rings is 2. The molecule has 2 aromatic carbocycles. The third-order valence-electron chi connectivity index (χ3n) is 4.57. The summed E-state index contributed by atoms with van der Waals surface area (Å²) in [4.78, 5) is 36.3. The Balaban J connectivity index is 1.53. The highest BCUT2D eigenvalue weighted by atomic mass is 16.5. The number of aryl methyl sites for hydroxylation is 2. The standard InChI is InChI=1S/C21H22N2O4/c1-14(19(24)22-23-20(25)16-8-3-2-4-9-16)27-21(26)18-12-11-15-7-5-6-10-17(15)13-18/h2-4,8-9,11-14H,5-7,10H2,1H3,(H,22,24)(H,23,25)/t14-/m1/s1. The third kappa shape index (κ3) is 4.73. The maximum absolute atomic E-state index is 12.3. The van der Waals surface area contributed by atoms with Crippen LogP contribution in [0.3, 0.4) is 0 Å². The van der Waals surface area contributed by atoms with Gasteiger partial charge in [0.2, 0.25) is 0 Å². The second kappa shape index (κ2) is 8.49. The van der Waals surface area contributed by atoms with Crippen molar-refractivity contribution in [1.29, 1.82) is 0 Å². The molecule has 3 rings (SSSR count). The van der Waals surface area contributed by atoms with Crippen molar-refractivity contribution in [3.05, 3.63) is 70.8 Å². The van der Waals surface area contributed by atoms with Gasteiger partial charge in [-0.15, -0.1) is 0 Å². The van der Waals surface area contributed by atoms with Crippen LogP contribution >= 0.6 is 0 Å². The summed E-state index contributed by atoms with van der Waals surface area (Å²) < 4.78 is 5.22. The second-order valence-electron chi connectivity index (χ2n) is 6.55. The minimum Gasteiger partial charge on any atom is -0.449 e. The molecule has 1 aliphatic carbocycles. The lowest BCUT2D eigenvalue weighted by atomic mass is 9.90. The van der Waals surface area contributed by atoms with Crippen LogP contribution in [0.25, 0.3) is 0 Å². The zero-order valence-electron chi connectivity index (χ0n) is 15.2. The number of hydrogen-bond donors (Lipinski definition) is 2. The maximum Gasteiger partial charge on any atom is 0.338 e. The molecule has 0 bridgehead atoms.